The van der Waals surface area contributed by atoms with Gasteiger partial charge >= 0.3 is 11.8 Å². The number of carbonyl (C=O) groups is 2. The first-order valence-electron chi connectivity index (χ1n) is 11.2. The lowest BCUT2D eigenvalue weighted by molar-refractivity contribution is -0.136. The van der Waals surface area contributed by atoms with Crippen LogP contribution in [0.3, 0.4) is 0 Å². The molecule has 4 rings (SSSR count). The van der Waals surface area contributed by atoms with Gasteiger partial charge in [-0.1, -0.05) is 54.6 Å². The van der Waals surface area contributed by atoms with Crippen LogP contribution in [0.4, 0.5) is 11.4 Å². The standard InChI is InChI=1S/C27H30N4O2/c1-30(2)24-14-12-21(13-15-24)25(31-17-16-20-8-6-7-9-22(20)19-31)18-28-26(32)27(33)29-23-10-4-3-5-11-23/h3-15,25H,16-19H2,1-2H3,(H,28,32)(H,29,33)/t25-/m1/s1. The van der Waals surface area contributed by atoms with Gasteiger partial charge in [-0.3, -0.25) is 14.5 Å². The van der Waals surface area contributed by atoms with E-state index in [1.54, 1.807) is 12.1 Å². The molecule has 0 fully saturated rings. The summed E-state index contributed by atoms with van der Waals surface area (Å²) in [5, 5.41) is 5.50. The second-order valence-corrected chi connectivity index (χ2v) is 8.52. The zero-order valence-electron chi connectivity index (χ0n) is 19.1. The molecule has 0 aromatic heterocycles. The minimum absolute atomic E-state index is 0.0388. The Bertz CT molecular complexity index is 1100. The highest BCUT2D eigenvalue weighted by atomic mass is 16.2. The van der Waals surface area contributed by atoms with Gasteiger partial charge in [0.05, 0.1) is 6.04 Å². The van der Waals surface area contributed by atoms with E-state index in [2.05, 4.69) is 69.0 Å². The van der Waals surface area contributed by atoms with Crippen molar-refractivity contribution in [2.75, 3.05) is 37.4 Å². The quantitative estimate of drug-likeness (QED) is 0.573. The highest BCUT2D eigenvalue weighted by molar-refractivity contribution is 6.39. The third-order valence-electron chi connectivity index (χ3n) is 6.09. The van der Waals surface area contributed by atoms with E-state index in [9.17, 15) is 9.59 Å². The van der Waals surface area contributed by atoms with Gasteiger partial charge in [0, 0.05) is 45.1 Å². The number of fused-ring (bicyclic) bond motifs is 1. The Hall–Kier alpha value is -3.64. The average Bonchev–Trinajstić information content (AvgIpc) is 2.85. The van der Waals surface area contributed by atoms with Crippen LogP contribution in [0.2, 0.25) is 0 Å². The molecular formula is C27H30N4O2. The van der Waals surface area contributed by atoms with Crippen molar-refractivity contribution in [1.82, 2.24) is 10.2 Å². The third kappa shape index (κ3) is 5.59. The summed E-state index contributed by atoms with van der Waals surface area (Å²) in [6.07, 6.45) is 0.963. The van der Waals surface area contributed by atoms with Crippen LogP contribution < -0.4 is 15.5 Å². The van der Waals surface area contributed by atoms with Gasteiger partial charge in [-0.2, -0.15) is 0 Å². The van der Waals surface area contributed by atoms with Crippen LogP contribution in [0.15, 0.2) is 78.9 Å². The van der Waals surface area contributed by atoms with E-state index in [1.165, 1.54) is 11.1 Å². The number of nitrogens with zero attached hydrogens (tertiary/aromatic N) is 2. The number of nitrogens with one attached hydrogen (secondary N) is 2. The summed E-state index contributed by atoms with van der Waals surface area (Å²) < 4.78 is 0. The highest BCUT2D eigenvalue weighted by Crippen LogP contribution is 2.28. The molecule has 3 aromatic carbocycles. The molecule has 0 radical (unpaired) electrons. The predicted molar refractivity (Wildman–Crippen MR) is 132 cm³/mol. The average molecular weight is 443 g/mol. The lowest BCUT2D eigenvalue weighted by Gasteiger charge is -2.36. The molecule has 1 heterocycles. The Morgan fingerprint density at radius 3 is 2.24 bits per heavy atom. The minimum atomic E-state index is -0.660. The van der Waals surface area contributed by atoms with Crippen molar-refractivity contribution in [3.05, 3.63) is 95.6 Å². The van der Waals surface area contributed by atoms with Crippen LogP contribution in [-0.4, -0.2) is 43.9 Å². The highest BCUT2D eigenvalue weighted by Gasteiger charge is 2.26. The Labute approximate surface area is 195 Å². The largest absolute Gasteiger partial charge is 0.378 e. The molecule has 2 N–H and O–H groups in total. The fourth-order valence-electron chi connectivity index (χ4n) is 4.21. The van der Waals surface area contributed by atoms with Crippen molar-refractivity contribution in [2.24, 2.45) is 0 Å². The summed E-state index contributed by atoms with van der Waals surface area (Å²) in [6.45, 7) is 2.05. The van der Waals surface area contributed by atoms with Crippen LogP contribution in [0.25, 0.3) is 0 Å². The number of hydrogen-bond donors (Lipinski definition) is 2. The normalized spacial score (nSPS) is 14.1. The Morgan fingerprint density at radius 1 is 0.879 bits per heavy atom. The van der Waals surface area contributed by atoms with Crippen molar-refractivity contribution in [3.63, 3.8) is 0 Å². The van der Waals surface area contributed by atoms with E-state index in [4.69, 9.17) is 0 Å². The summed E-state index contributed by atoms with van der Waals surface area (Å²) in [5.74, 6) is -1.29. The molecule has 0 saturated carbocycles. The Balaban J connectivity index is 1.49. The molecule has 170 valence electrons. The van der Waals surface area contributed by atoms with Gasteiger partial charge < -0.3 is 15.5 Å². The van der Waals surface area contributed by atoms with Crippen LogP contribution in [0.1, 0.15) is 22.7 Å². The van der Waals surface area contributed by atoms with E-state index < -0.39 is 11.8 Å². The van der Waals surface area contributed by atoms with E-state index in [-0.39, 0.29) is 6.04 Å². The van der Waals surface area contributed by atoms with Gasteiger partial charge in [-0.05, 0) is 47.4 Å². The van der Waals surface area contributed by atoms with Crippen LogP contribution in [-0.2, 0) is 22.6 Å². The van der Waals surface area contributed by atoms with E-state index in [0.717, 1.165) is 30.8 Å². The van der Waals surface area contributed by atoms with Crippen LogP contribution in [0.5, 0.6) is 0 Å². The van der Waals surface area contributed by atoms with Gasteiger partial charge in [-0.25, -0.2) is 0 Å². The van der Waals surface area contributed by atoms with Crippen molar-refractivity contribution >= 4 is 23.2 Å². The zero-order valence-corrected chi connectivity index (χ0v) is 19.1. The van der Waals surface area contributed by atoms with Gasteiger partial charge in [0.2, 0.25) is 0 Å². The maximum absolute atomic E-state index is 12.6. The maximum atomic E-state index is 12.6. The zero-order chi connectivity index (χ0) is 23.2. The lowest BCUT2D eigenvalue weighted by Crippen LogP contribution is -2.43. The van der Waals surface area contributed by atoms with Crippen molar-refractivity contribution in [3.8, 4) is 0 Å². The molecule has 1 atom stereocenters. The molecular weight excluding hydrogens is 412 g/mol. The van der Waals surface area contributed by atoms with Crippen LogP contribution >= 0.6 is 0 Å². The Morgan fingerprint density at radius 2 is 1.55 bits per heavy atom. The minimum Gasteiger partial charge on any atom is -0.378 e. The summed E-state index contributed by atoms with van der Waals surface area (Å²) in [6, 6.07) is 25.9. The molecule has 0 unspecified atom stereocenters. The SMILES string of the molecule is CN(C)c1ccc([C@@H](CNC(=O)C(=O)Nc2ccccc2)N2CCc3ccccc3C2)cc1. The molecule has 0 saturated heterocycles. The topological polar surface area (TPSA) is 64.7 Å². The second kappa shape index (κ2) is 10.3. The van der Waals surface area contributed by atoms with Gasteiger partial charge in [0.15, 0.2) is 0 Å². The molecule has 6 heteroatoms. The first kappa shape index (κ1) is 22.6. The molecule has 3 aromatic rings. The number of para-hydroxylation sites is 1. The second-order valence-electron chi connectivity index (χ2n) is 8.52. The number of hydrogen-bond acceptors (Lipinski definition) is 4. The summed E-state index contributed by atoms with van der Waals surface area (Å²) in [5.41, 5.74) is 5.52. The monoisotopic (exact) mass is 442 g/mol. The third-order valence-corrected chi connectivity index (χ3v) is 6.09. The molecule has 0 bridgehead atoms. The Kier molecular flexibility index (Phi) is 7.05. The van der Waals surface area contributed by atoms with Crippen molar-refractivity contribution in [1.29, 1.82) is 0 Å². The van der Waals surface area contributed by atoms with E-state index in [1.807, 2.05) is 32.3 Å². The molecule has 0 aliphatic carbocycles. The number of carbonyl (C=O) groups excluding carboxylic acids is 2. The number of rotatable bonds is 6. The molecule has 1 aliphatic heterocycles. The van der Waals surface area contributed by atoms with Crippen molar-refractivity contribution in [2.45, 2.75) is 19.0 Å². The molecule has 0 spiro atoms. The lowest BCUT2D eigenvalue weighted by atomic mass is 9.96. The van der Waals surface area contributed by atoms with Crippen molar-refractivity contribution < 1.29 is 9.59 Å². The summed E-state index contributed by atoms with van der Waals surface area (Å²) in [7, 11) is 4.03. The first-order chi connectivity index (χ1) is 16.0. The first-order valence-corrected chi connectivity index (χ1v) is 11.2. The van der Waals surface area contributed by atoms with Gasteiger partial charge in [0.1, 0.15) is 0 Å². The summed E-state index contributed by atoms with van der Waals surface area (Å²) in [4.78, 5) is 29.4. The fraction of sp³-hybridized carbons (Fsp3) is 0.259. The molecule has 2 amide bonds. The molecule has 33 heavy (non-hydrogen) atoms. The predicted octanol–water partition coefficient (Wildman–Crippen LogP) is 3.61. The molecule has 6 nitrogen and oxygen atoms in total. The fourth-order valence-corrected chi connectivity index (χ4v) is 4.21. The van der Waals surface area contributed by atoms with E-state index >= 15 is 0 Å². The van der Waals surface area contributed by atoms with Gasteiger partial charge in [0.25, 0.3) is 0 Å². The number of anilines is 2. The maximum Gasteiger partial charge on any atom is 0.313 e. The van der Waals surface area contributed by atoms with Crippen LogP contribution in [0, 0.1) is 0 Å². The number of amides is 2. The number of benzene rings is 3. The summed E-state index contributed by atoms with van der Waals surface area (Å²) >= 11 is 0. The van der Waals surface area contributed by atoms with E-state index in [0.29, 0.717) is 12.2 Å². The van der Waals surface area contributed by atoms with Gasteiger partial charge in [-0.15, -0.1) is 0 Å². The molecule has 1 aliphatic rings. The smallest absolute Gasteiger partial charge is 0.313 e.